The summed E-state index contributed by atoms with van der Waals surface area (Å²) in [6, 6.07) is 0. The monoisotopic (exact) mass is 355 g/mol. The average molecular weight is 355 g/mol. The molecule has 1 rings (SSSR count). The number of nitrogens with zero attached hydrogens (tertiary/aromatic N) is 3. The van der Waals surface area contributed by atoms with Crippen molar-refractivity contribution in [2.24, 2.45) is 12.8 Å². The quantitative estimate of drug-likeness (QED) is 0.205. The molecule has 0 saturated carbocycles. The summed E-state index contributed by atoms with van der Waals surface area (Å²) in [6.07, 6.45) is 5.09. The Morgan fingerprint density at radius 1 is 1.16 bits per heavy atom. The lowest BCUT2D eigenvalue weighted by molar-refractivity contribution is -0.391. The molecule has 10 heteroatoms. The first kappa shape index (κ1) is 21.0. The number of aromatic nitrogens is 2. The predicted molar refractivity (Wildman–Crippen MR) is 95.5 cm³/mol. The van der Waals surface area contributed by atoms with Crippen molar-refractivity contribution in [2.75, 3.05) is 39.3 Å². The fraction of sp³-hybridized carbons (Fsp3) is 0.733. The highest BCUT2D eigenvalue weighted by Crippen LogP contribution is 2.11. The minimum absolute atomic E-state index is 0.0433. The molecule has 0 spiro atoms. The van der Waals surface area contributed by atoms with Gasteiger partial charge in [0, 0.05) is 6.54 Å². The molecule has 1 amide bonds. The molecule has 0 radical (unpaired) electrons. The van der Waals surface area contributed by atoms with E-state index in [-0.39, 0.29) is 11.6 Å². The van der Waals surface area contributed by atoms with Gasteiger partial charge in [0.1, 0.15) is 6.20 Å². The van der Waals surface area contributed by atoms with E-state index < -0.39 is 10.8 Å². The fourth-order valence-corrected chi connectivity index (χ4v) is 2.25. The highest BCUT2D eigenvalue weighted by molar-refractivity contribution is 5.91. The van der Waals surface area contributed by atoms with Gasteiger partial charge in [0.25, 0.3) is 5.82 Å². The summed E-state index contributed by atoms with van der Waals surface area (Å²) in [7, 11) is 1.45. The average Bonchev–Trinajstić information content (AvgIpc) is 2.97. The van der Waals surface area contributed by atoms with E-state index in [2.05, 4.69) is 20.9 Å². The Bertz CT molecular complexity index is 533. The summed E-state index contributed by atoms with van der Waals surface area (Å²) in [4.78, 5) is 25.9. The molecule has 1 aromatic heterocycles. The third kappa shape index (κ3) is 8.05. The maximum absolute atomic E-state index is 11.9. The highest BCUT2D eigenvalue weighted by Gasteiger charge is 2.22. The Labute approximate surface area is 147 Å². The Morgan fingerprint density at radius 3 is 2.32 bits per heavy atom. The third-order valence-corrected chi connectivity index (χ3v) is 3.68. The molecule has 1 aromatic rings. The van der Waals surface area contributed by atoms with Gasteiger partial charge in [0.2, 0.25) is 0 Å². The maximum atomic E-state index is 11.9. The second-order valence-electron chi connectivity index (χ2n) is 5.71. The van der Waals surface area contributed by atoms with Gasteiger partial charge >= 0.3 is 11.7 Å². The molecule has 1 heterocycles. The number of amides is 1. The molecule has 142 valence electrons. The summed E-state index contributed by atoms with van der Waals surface area (Å²) in [5.74, 6) is -0.565. The molecular weight excluding hydrogens is 326 g/mol. The number of imidazole rings is 1. The highest BCUT2D eigenvalue weighted by atomic mass is 16.6. The van der Waals surface area contributed by atoms with Gasteiger partial charge < -0.3 is 31.8 Å². The Hall–Kier alpha value is -2.04. The number of nitrogens with one attached hydrogen (secondary N) is 3. The van der Waals surface area contributed by atoms with Crippen LogP contribution in [-0.4, -0.2) is 59.7 Å². The smallest absolute Gasteiger partial charge is 0.343 e. The van der Waals surface area contributed by atoms with Crippen molar-refractivity contribution in [3.63, 3.8) is 0 Å². The molecule has 0 unspecified atom stereocenters. The van der Waals surface area contributed by atoms with E-state index in [0.29, 0.717) is 6.54 Å². The van der Waals surface area contributed by atoms with Crippen molar-refractivity contribution in [1.29, 1.82) is 0 Å². The number of rotatable bonds is 14. The number of nitro groups is 1. The van der Waals surface area contributed by atoms with Gasteiger partial charge in [-0.15, -0.1) is 0 Å². The fourth-order valence-electron chi connectivity index (χ4n) is 2.25. The first-order chi connectivity index (χ1) is 12.1. The van der Waals surface area contributed by atoms with Crippen LogP contribution in [0.25, 0.3) is 0 Å². The van der Waals surface area contributed by atoms with Crippen LogP contribution in [0.15, 0.2) is 6.20 Å². The van der Waals surface area contributed by atoms with Crippen LogP contribution < -0.4 is 21.7 Å². The molecule has 5 N–H and O–H groups in total. The molecule has 0 aliphatic heterocycles. The van der Waals surface area contributed by atoms with Gasteiger partial charge in [0.05, 0.1) is 7.05 Å². The van der Waals surface area contributed by atoms with Crippen LogP contribution in [0.2, 0.25) is 0 Å². The SMILES string of the molecule is Cn1c([N+](=O)[O-])cnc1C(=O)NCCCNCCCCNCCCN. The lowest BCUT2D eigenvalue weighted by Gasteiger charge is -2.06. The largest absolute Gasteiger partial charge is 0.358 e. The molecule has 25 heavy (non-hydrogen) atoms. The number of unbranched alkanes of at least 4 members (excludes halogenated alkanes) is 1. The number of hydrogen-bond acceptors (Lipinski definition) is 7. The third-order valence-electron chi connectivity index (χ3n) is 3.68. The lowest BCUT2D eigenvalue weighted by Crippen LogP contribution is -2.29. The summed E-state index contributed by atoms with van der Waals surface area (Å²) in [6.45, 7) is 4.95. The van der Waals surface area contributed by atoms with E-state index >= 15 is 0 Å². The molecule has 10 nitrogen and oxygen atoms in total. The van der Waals surface area contributed by atoms with Gasteiger partial charge in [-0.05, 0) is 63.3 Å². The molecule has 0 aliphatic carbocycles. The molecule has 0 fully saturated rings. The van der Waals surface area contributed by atoms with E-state index in [1.807, 2.05) is 0 Å². The normalized spacial score (nSPS) is 10.8. The minimum Gasteiger partial charge on any atom is -0.358 e. The van der Waals surface area contributed by atoms with Crippen molar-refractivity contribution in [3.05, 3.63) is 22.1 Å². The van der Waals surface area contributed by atoms with Crippen LogP contribution in [0.4, 0.5) is 5.82 Å². The Kier molecular flexibility index (Phi) is 10.4. The van der Waals surface area contributed by atoms with Gasteiger partial charge in [-0.3, -0.25) is 4.79 Å². The molecule has 0 aliphatic rings. The first-order valence-electron chi connectivity index (χ1n) is 8.63. The molecule has 0 saturated heterocycles. The van der Waals surface area contributed by atoms with Crippen LogP contribution in [0, 0.1) is 10.1 Å². The number of nitrogens with two attached hydrogens (primary N) is 1. The zero-order valence-electron chi connectivity index (χ0n) is 14.8. The number of hydrogen-bond donors (Lipinski definition) is 4. The Balaban J connectivity index is 2.03. The number of carbonyl (C=O) groups is 1. The van der Waals surface area contributed by atoms with Crippen molar-refractivity contribution in [3.8, 4) is 0 Å². The van der Waals surface area contributed by atoms with Crippen LogP contribution >= 0.6 is 0 Å². The van der Waals surface area contributed by atoms with Crippen LogP contribution in [-0.2, 0) is 7.05 Å². The van der Waals surface area contributed by atoms with Gasteiger partial charge in [-0.25, -0.2) is 9.55 Å². The van der Waals surface area contributed by atoms with Crippen molar-refractivity contribution >= 4 is 11.7 Å². The zero-order chi connectivity index (χ0) is 18.5. The van der Waals surface area contributed by atoms with E-state index in [9.17, 15) is 14.9 Å². The maximum Gasteiger partial charge on any atom is 0.343 e. The summed E-state index contributed by atoms with van der Waals surface area (Å²) < 4.78 is 1.18. The van der Waals surface area contributed by atoms with Crippen molar-refractivity contribution < 1.29 is 9.72 Å². The van der Waals surface area contributed by atoms with Gasteiger partial charge in [-0.2, -0.15) is 0 Å². The summed E-state index contributed by atoms with van der Waals surface area (Å²) in [5, 5.41) is 20.1. The van der Waals surface area contributed by atoms with Crippen LogP contribution in [0.5, 0.6) is 0 Å². The van der Waals surface area contributed by atoms with Crippen molar-refractivity contribution in [2.45, 2.75) is 25.7 Å². The van der Waals surface area contributed by atoms with Crippen molar-refractivity contribution in [1.82, 2.24) is 25.5 Å². The van der Waals surface area contributed by atoms with Gasteiger partial charge in [0.15, 0.2) is 0 Å². The second kappa shape index (κ2) is 12.3. The lowest BCUT2D eigenvalue weighted by atomic mass is 10.3. The van der Waals surface area contributed by atoms with E-state index in [4.69, 9.17) is 5.73 Å². The molecular formula is C15H29N7O3. The van der Waals surface area contributed by atoms with E-state index in [1.54, 1.807) is 0 Å². The summed E-state index contributed by atoms with van der Waals surface area (Å²) >= 11 is 0. The number of carbonyl (C=O) groups excluding carboxylic acids is 1. The summed E-state index contributed by atoms with van der Waals surface area (Å²) in [5.41, 5.74) is 5.41. The Morgan fingerprint density at radius 2 is 1.76 bits per heavy atom. The van der Waals surface area contributed by atoms with Gasteiger partial charge in [-0.1, -0.05) is 0 Å². The minimum atomic E-state index is -0.568. The standard InChI is InChI=1S/C15H29N7O3/c1-21-13(22(24)25)12-20-14(21)15(23)19-11-5-10-18-8-3-2-7-17-9-4-6-16/h12,17-18H,2-11,16H2,1H3,(H,19,23). The van der Waals surface area contributed by atoms with Crippen LogP contribution in [0.3, 0.4) is 0 Å². The van der Waals surface area contributed by atoms with E-state index in [1.165, 1.54) is 11.6 Å². The zero-order valence-corrected chi connectivity index (χ0v) is 14.8. The predicted octanol–water partition coefficient (Wildman–Crippen LogP) is -0.244. The molecule has 0 aromatic carbocycles. The molecule has 0 bridgehead atoms. The topological polar surface area (TPSA) is 140 Å². The van der Waals surface area contributed by atoms with E-state index in [0.717, 1.165) is 64.6 Å². The second-order valence-corrected chi connectivity index (χ2v) is 5.71. The molecule has 0 atom stereocenters. The first-order valence-corrected chi connectivity index (χ1v) is 8.63. The van der Waals surface area contributed by atoms with Crippen LogP contribution in [0.1, 0.15) is 36.3 Å².